The van der Waals surface area contributed by atoms with Gasteiger partial charge in [-0.15, -0.1) is 0 Å². The van der Waals surface area contributed by atoms with Gasteiger partial charge in [-0.1, -0.05) is 31.4 Å². The quantitative estimate of drug-likeness (QED) is 0.858. The first-order chi connectivity index (χ1) is 9.63. The van der Waals surface area contributed by atoms with E-state index < -0.39 is 0 Å². The van der Waals surface area contributed by atoms with Gasteiger partial charge in [0, 0.05) is 11.1 Å². The molecule has 0 heterocycles. The van der Waals surface area contributed by atoms with E-state index in [0.29, 0.717) is 6.04 Å². The Hall–Kier alpha value is -0.730. The van der Waals surface area contributed by atoms with E-state index >= 15 is 0 Å². The predicted molar refractivity (Wildman–Crippen MR) is 85.7 cm³/mol. The van der Waals surface area contributed by atoms with Crippen molar-refractivity contribution in [3.63, 3.8) is 0 Å². The van der Waals surface area contributed by atoms with Crippen molar-refractivity contribution in [1.82, 2.24) is 5.32 Å². The topological polar surface area (TPSA) is 21.3 Å². The molecular formula is C17H26ClNO. The van der Waals surface area contributed by atoms with Crippen molar-refractivity contribution in [1.29, 1.82) is 0 Å². The molecule has 2 nitrogen and oxygen atoms in total. The molecule has 0 spiro atoms. The number of likely N-dealkylation sites (N-methyl/N-ethyl adjacent to an activating group) is 1. The van der Waals surface area contributed by atoms with Crippen LogP contribution in [0.1, 0.15) is 44.6 Å². The molecule has 1 saturated carbocycles. The highest BCUT2D eigenvalue weighted by atomic mass is 35.5. The molecular weight excluding hydrogens is 270 g/mol. The third-order valence-electron chi connectivity index (χ3n) is 4.38. The van der Waals surface area contributed by atoms with Crippen LogP contribution in [0.3, 0.4) is 0 Å². The molecule has 3 heteroatoms. The van der Waals surface area contributed by atoms with Crippen LogP contribution in [0.15, 0.2) is 18.2 Å². The summed E-state index contributed by atoms with van der Waals surface area (Å²) in [7, 11) is 2.04. The van der Waals surface area contributed by atoms with Gasteiger partial charge in [-0.2, -0.15) is 0 Å². The van der Waals surface area contributed by atoms with E-state index in [-0.39, 0.29) is 6.10 Å². The summed E-state index contributed by atoms with van der Waals surface area (Å²) in [5.74, 6) is 1.75. The molecule has 20 heavy (non-hydrogen) atoms. The molecule has 1 fully saturated rings. The van der Waals surface area contributed by atoms with Crippen molar-refractivity contribution in [2.75, 3.05) is 7.05 Å². The van der Waals surface area contributed by atoms with Crippen LogP contribution < -0.4 is 10.1 Å². The molecule has 3 atom stereocenters. The lowest BCUT2D eigenvalue weighted by Gasteiger charge is -2.36. The Morgan fingerprint density at radius 3 is 2.80 bits per heavy atom. The summed E-state index contributed by atoms with van der Waals surface area (Å²) in [5.41, 5.74) is 1.08. The second kappa shape index (κ2) is 7.33. The number of benzene rings is 1. The van der Waals surface area contributed by atoms with Gasteiger partial charge in [0.05, 0.1) is 0 Å². The molecule has 0 radical (unpaired) electrons. The normalized spacial score (nSPS) is 26.5. The Morgan fingerprint density at radius 1 is 1.35 bits per heavy atom. The van der Waals surface area contributed by atoms with Crippen molar-refractivity contribution in [2.24, 2.45) is 5.92 Å². The summed E-state index contributed by atoms with van der Waals surface area (Å²) in [4.78, 5) is 0. The summed E-state index contributed by atoms with van der Waals surface area (Å²) < 4.78 is 6.25. The molecule has 1 N–H and O–H groups in total. The molecule has 0 saturated heterocycles. The molecule has 0 aliphatic heterocycles. The van der Waals surface area contributed by atoms with Gasteiger partial charge in [-0.3, -0.25) is 0 Å². The van der Waals surface area contributed by atoms with Crippen LogP contribution in [0, 0.1) is 12.8 Å². The molecule has 1 aromatic carbocycles. The molecule has 1 aliphatic rings. The van der Waals surface area contributed by atoms with Crippen LogP contribution in [0.25, 0.3) is 0 Å². The second-order valence-corrected chi connectivity index (χ2v) is 6.34. The van der Waals surface area contributed by atoms with E-state index in [1.807, 2.05) is 32.2 Å². The fourth-order valence-corrected chi connectivity index (χ4v) is 3.33. The van der Waals surface area contributed by atoms with E-state index in [4.69, 9.17) is 16.3 Å². The number of hydrogen-bond acceptors (Lipinski definition) is 2. The lowest BCUT2D eigenvalue weighted by molar-refractivity contribution is 0.0866. The maximum absolute atomic E-state index is 6.25. The highest BCUT2D eigenvalue weighted by Crippen LogP contribution is 2.31. The summed E-state index contributed by atoms with van der Waals surface area (Å²) in [5, 5.41) is 4.21. The molecule has 2 rings (SSSR count). The number of rotatable bonds is 5. The van der Waals surface area contributed by atoms with Crippen molar-refractivity contribution in [3.05, 3.63) is 28.8 Å². The van der Waals surface area contributed by atoms with E-state index in [2.05, 4.69) is 12.2 Å². The summed E-state index contributed by atoms with van der Waals surface area (Å²) in [6.07, 6.45) is 6.53. The highest BCUT2D eigenvalue weighted by molar-refractivity contribution is 6.31. The average Bonchev–Trinajstić information content (AvgIpc) is 2.44. The number of ether oxygens (including phenoxy) is 1. The van der Waals surface area contributed by atoms with E-state index in [0.717, 1.165) is 28.7 Å². The van der Waals surface area contributed by atoms with Crippen molar-refractivity contribution < 1.29 is 4.74 Å². The highest BCUT2D eigenvalue weighted by Gasteiger charge is 2.30. The lowest BCUT2D eigenvalue weighted by Crippen LogP contribution is -2.45. The van der Waals surface area contributed by atoms with Crippen molar-refractivity contribution in [2.45, 2.75) is 58.1 Å². The van der Waals surface area contributed by atoms with Crippen molar-refractivity contribution in [3.8, 4) is 5.75 Å². The van der Waals surface area contributed by atoms with Crippen LogP contribution in [0.5, 0.6) is 5.75 Å². The fraction of sp³-hybridized carbons (Fsp3) is 0.647. The Morgan fingerprint density at radius 2 is 2.15 bits per heavy atom. The first-order valence-electron chi connectivity index (χ1n) is 7.74. The minimum atomic E-state index is 0.269. The van der Waals surface area contributed by atoms with Gasteiger partial charge in [0.25, 0.3) is 0 Å². The van der Waals surface area contributed by atoms with E-state index in [9.17, 15) is 0 Å². The fourth-order valence-electron chi connectivity index (χ4n) is 3.21. The van der Waals surface area contributed by atoms with Crippen LogP contribution in [0.4, 0.5) is 0 Å². The van der Waals surface area contributed by atoms with Gasteiger partial charge in [0.15, 0.2) is 0 Å². The standard InChI is InChI=1S/C17H26ClNO/c1-4-5-13-6-9-16(19-3)17(11-13)20-14-7-8-15(18)12(2)10-14/h7-8,10,13,16-17,19H,4-6,9,11H2,1-3H3. The van der Waals surface area contributed by atoms with Crippen LogP contribution in [-0.2, 0) is 0 Å². The zero-order valence-electron chi connectivity index (χ0n) is 12.8. The minimum absolute atomic E-state index is 0.269. The Kier molecular flexibility index (Phi) is 5.74. The maximum atomic E-state index is 6.25. The van der Waals surface area contributed by atoms with Gasteiger partial charge >= 0.3 is 0 Å². The van der Waals surface area contributed by atoms with Crippen molar-refractivity contribution >= 4 is 11.6 Å². The summed E-state index contributed by atoms with van der Waals surface area (Å²) >= 11 is 6.08. The maximum Gasteiger partial charge on any atom is 0.120 e. The number of hydrogen-bond donors (Lipinski definition) is 1. The van der Waals surface area contributed by atoms with E-state index in [1.165, 1.54) is 25.7 Å². The Balaban J connectivity index is 2.04. The van der Waals surface area contributed by atoms with Crippen LogP contribution >= 0.6 is 11.6 Å². The zero-order chi connectivity index (χ0) is 14.5. The summed E-state index contributed by atoms with van der Waals surface area (Å²) in [6.45, 7) is 4.29. The monoisotopic (exact) mass is 295 g/mol. The molecule has 1 aliphatic carbocycles. The van der Waals surface area contributed by atoms with Gasteiger partial charge in [-0.25, -0.2) is 0 Å². The third-order valence-corrected chi connectivity index (χ3v) is 4.81. The molecule has 1 aromatic rings. The zero-order valence-corrected chi connectivity index (χ0v) is 13.5. The van der Waals surface area contributed by atoms with Gasteiger partial charge < -0.3 is 10.1 Å². The molecule has 0 bridgehead atoms. The third kappa shape index (κ3) is 3.89. The van der Waals surface area contributed by atoms with Gasteiger partial charge in [0.2, 0.25) is 0 Å². The molecule has 0 aromatic heterocycles. The Labute approximate surface area is 127 Å². The van der Waals surface area contributed by atoms with Gasteiger partial charge in [-0.05, 0) is 62.9 Å². The number of aryl methyl sites for hydroxylation is 1. The predicted octanol–water partition coefficient (Wildman–Crippen LogP) is 4.58. The SMILES string of the molecule is CCCC1CCC(NC)C(Oc2ccc(Cl)c(C)c2)C1. The number of nitrogens with one attached hydrogen (secondary N) is 1. The van der Waals surface area contributed by atoms with Crippen LogP contribution in [-0.4, -0.2) is 19.2 Å². The van der Waals surface area contributed by atoms with E-state index in [1.54, 1.807) is 0 Å². The first kappa shape index (κ1) is 15.7. The lowest BCUT2D eigenvalue weighted by atomic mass is 9.81. The Bertz CT molecular complexity index is 435. The second-order valence-electron chi connectivity index (χ2n) is 5.93. The summed E-state index contributed by atoms with van der Waals surface area (Å²) in [6, 6.07) is 6.40. The number of halogens is 1. The smallest absolute Gasteiger partial charge is 0.120 e. The largest absolute Gasteiger partial charge is 0.489 e. The molecule has 3 unspecified atom stereocenters. The molecule has 112 valence electrons. The minimum Gasteiger partial charge on any atom is -0.489 e. The average molecular weight is 296 g/mol. The van der Waals surface area contributed by atoms with Crippen LogP contribution in [0.2, 0.25) is 5.02 Å². The van der Waals surface area contributed by atoms with Gasteiger partial charge in [0.1, 0.15) is 11.9 Å². The first-order valence-corrected chi connectivity index (χ1v) is 8.12. The molecule has 0 amide bonds.